The van der Waals surface area contributed by atoms with Crippen LogP contribution < -0.4 is 11.1 Å². The normalized spacial score (nSPS) is 10.7. The first-order chi connectivity index (χ1) is 9.00. The van der Waals surface area contributed by atoms with Crippen LogP contribution in [0.15, 0.2) is 18.2 Å². The number of ether oxygens (including phenoxy) is 1. The molecule has 3 N–H and O–H groups in total. The molecule has 0 saturated heterocycles. The summed E-state index contributed by atoms with van der Waals surface area (Å²) in [7, 11) is 0. The summed E-state index contributed by atoms with van der Waals surface area (Å²) in [6.45, 7) is 8.05. The lowest BCUT2D eigenvalue weighted by atomic mass is 10.1. The molecule has 0 bridgehead atoms. The Balaban J connectivity index is 2.34. The molecule has 0 atom stereocenters. The molecule has 106 valence electrons. The SMILES string of the molecule is CC(=O)c1cc(NCCOCCC(C)C)ccc1N. The molecule has 0 aromatic heterocycles. The monoisotopic (exact) mass is 264 g/mol. The van der Waals surface area contributed by atoms with E-state index in [9.17, 15) is 4.79 Å². The van der Waals surface area contributed by atoms with Crippen molar-refractivity contribution in [1.82, 2.24) is 0 Å². The van der Waals surface area contributed by atoms with Gasteiger partial charge in [0.15, 0.2) is 5.78 Å². The highest BCUT2D eigenvalue weighted by Gasteiger charge is 2.05. The van der Waals surface area contributed by atoms with Gasteiger partial charge in [-0.25, -0.2) is 0 Å². The van der Waals surface area contributed by atoms with Gasteiger partial charge in [-0.1, -0.05) is 13.8 Å². The summed E-state index contributed by atoms with van der Waals surface area (Å²) in [6, 6.07) is 5.40. The number of hydrogen-bond donors (Lipinski definition) is 2. The Bertz CT molecular complexity index is 417. The zero-order chi connectivity index (χ0) is 14.3. The van der Waals surface area contributed by atoms with Crippen molar-refractivity contribution in [1.29, 1.82) is 0 Å². The number of anilines is 2. The molecule has 0 amide bonds. The Hall–Kier alpha value is -1.55. The molecular weight excluding hydrogens is 240 g/mol. The van der Waals surface area contributed by atoms with Gasteiger partial charge in [-0.3, -0.25) is 4.79 Å². The van der Waals surface area contributed by atoms with Crippen molar-refractivity contribution in [2.24, 2.45) is 5.92 Å². The van der Waals surface area contributed by atoms with Gasteiger partial charge in [0.2, 0.25) is 0 Å². The Morgan fingerprint density at radius 1 is 1.37 bits per heavy atom. The summed E-state index contributed by atoms with van der Waals surface area (Å²) in [4.78, 5) is 11.4. The van der Waals surface area contributed by atoms with Crippen LogP contribution in [-0.2, 0) is 4.74 Å². The van der Waals surface area contributed by atoms with E-state index in [0.29, 0.717) is 23.8 Å². The Kier molecular flexibility index (Phi) is 6.36. The molecule has 1 aromatic rings. The van der Waals surface area contributed by atoms with Crippen LogP contribution in [-0.4, -0.2) is 25.5 Å². The summed E-state index contributed by atoms with van der Waals surface area (Å²) in [5, 5.41) is 3.22. The fourth-order valence-electron chi connectivity index (χ4n) is 1.66. The molecule has 0 saturated carbocycles. The third-order valence-electron chi connectivity index (χ3n) is 2.85. The van der Waals surface area contributed by atoms with Crippen LogP contribution in [0.4, 0.5) is 11.4 Å². The van der Waals surface area contributed by atoms with E-state index in [1.807, 2.05) is 6.07 Å². The smallest absolute Gasteiger partial charge is 0.161 e. The minimum absolute atomic E-state index is 0.0191. The summed E-state index contributed by atoms with van der Waals surface area (Å²) >= 11 is 0. The van der Waals surface area contributed by atoms with Gasteiger partial charge in [-0.2, -0.15) is 0 Å². The number of carbonyl (C=O) groups excluding carboxylic acids is 1. The number of nitrogens with two attached hydrogens (primary N) is 1. The zero-order valence-corrected chi connectivity index (χ0v) is 12.0. The molecule has 0 aliphatic carbocycles. The van der Waals surface area contributed by atoms with E-state index in [1.54, 1.807) is 12.1 Å². The van der Waals surface area contributed by atoms with Gasteiger partial charge in [-0.05, 0) is 37.5 Å². The zero-order valence-electron chi connectivity index (χ0n) is 12.0. The molecule has 0 unspecified atom stereocenters. The predicted molar refractivity (Wildman–Crippen MR) is 79.6 cm³/mol. The van der Waals surface area contributed by atoms with Gasteiger partial charge >= 0.3 is 0 Å². The average molecular weight is 264 g/mol. The molecule has 1 aromatic carbocycles. The van der Waals surface area contributed by atoms with Crippen molar-refractivity contribution in [3.05, 3.63) is 23.8 Å². The largest absolute Gasteiger partial charge is 0.398 e. The van der Waals surface area contributed by atoms with E-state index in [1.165, 1.54) is 6.92 Å². The van der Waals surface area contributed by atoms with E-state index in [0.717, 1.165) is 25.3 Å². The quantitative estimate of drug-likeness (QED) is 0.430. The summed E-state index contributed by atoms with van der Waals surface area (Å²) in [5.41, 5.74) is 7.72. The maximum Gasteiger partial charge on any atom is 0.161 e. The Labute approximate surface area is 115 Å². The maximum absolute atomic E-state index is 11.4. The van der Waals surface area contributed by atoms with E-state index >= 15 is 0 Å². The summed E-state index contributed by atoms with van der Waals surface area (Å²) < 4.78 is 5.51. The molecule has 1 rings (SSSR count). The number of nitrogens with one attached hydrogen (secondary N) is 1. The van der Waals surface area contributed by atoms with Gasteiger partial charge in [0.05, 0.1) is 6.61 Å². The molecular formula is C15H24N2O2. The van der Waals surface area contributed by atoms with Crippen molar-refractivity contribution in [3.8, 4) is 0 Å². The van der Waals surface area contributed by atoms with Gasteiger partial charge in [0.1, 0.15) is 0 Å². The molecule has 0 heterocycles. The minimum Gasteiger partial charge on any atom is -0.398 e. The van der Waals surface area contributed by atoms with Crippen molar-refractivity contribution < 1.29 is 9.53 Å². The molecule has 0 radical (unpaired) electrons. The predicted octanol–water partition coefficient (Wildman–Crippen LogP) is 2.95. The Morgan fingerprint density at radius 2 is 2.11 bits per heavy atom. The van der Waals surface area contributed by atoms with Crippen LogP contribution in [0, 0.1) is 5.92 Å². The first kappa shape index (κ1) is 15.5. The number of benzene rings is 1. The molecule has 19 heavy (non-hydrogen) atoms. The third-order valence-corrected chi connectivity index (χ3v) is 2.85. The molecule has 0 spiro atoms. The fraction of sp³-hybridized carbons (Fsp3) is 0.533. The minimum atomic E-state index is -0.0191. The van der Waals surface area contributed by atoms with Gasteiger partial charge < -0.3 is 15.8 Å². The second kappa shape index (κ2) is 7.79. The van der Waals surface area contributed by atoms with Crippen molar-refractivity contribution in [2.75, 3.05) is 30.8 Å². The average Bonchev–Trinajstić information content (AvgIpc) is 2.34. The molecule has 0 aliphatic heterocycles. The number of rotatable bonds is 8. The van der Waals surface area contributed by atoms with Gasteiger partial charge in [0.25, 0.3) is 0 Å². The van der Waals surface area contributed by atoms with E-state index in [2.05, 4.69) is 19.2 Å². The topological polar surface area (TPSA) is 64.3 Å². The van der Waals surface area contributed by atoms with Crippen LogP contribution in [0.1, 0.15) is 37.6 Å². The molecule has 4 nitrogen and oxygen atoms in total. The van der Waals surface area contributed by atoms with Crippen LogP contribution in [0.5, 0.6) is 0 Å². The van der Waals surface area contributed by atoms with E-state index in [4.69, 9.17) is 10.5 Å². The second-order valence-corrected chi connectivity index (χ2v) is 5.08. The first-order valence-electron chi connectivity index (χ1n) is 6.72. The van der Waals surface area contributed by atoms with Crippen LogP contribution >= 0.6 is 0 Å². The molecule has 0 aliphatic rings. The molecule has 4 heteroatoms. The lowest BCUT2D eigenvalue weighted by Gasteiger charge is -2.10. The summed E-state index contributed by atoms with van der Waals surface area (Å²) in [5.74, 6) is 0.650. The highest BCUT2D eigenvalue weighted by atomic mass is 16.5. The number of hydrogen-bond acceptors (Lipinski definition) is 4. The fourth-order valence-corrected chi connectivity index (χ4v) is 1.66. The lowest BCUT2D eigenvalue weighted by Crippen LogP contribution is -2.11. The van der Waals surface area contributed by atoms with Crippen LogP contribution in [0.2, 0.25) is 0 Å². The van der Waals surface area contributed by atoms with E-state index in [-0.39, 0.29) is 5.78 Å². The van der Waals surface area contributed by atoms with Crippen molar-refractivity contribution in [2.45, 2.75) is 27.2 Å². The van der Waals surface area contributed by atoms with Gasteiger partial charge in [0, 0.05) is 30.1 Å². The second-order valence-electron chi connectivity index (χ2n) is 5.08. The highest BCUT2D eigenvalue weighted by molar-refractivity contribution is 5.99. The van der Waals surface area contributed by atoms with E-state index < -0.39 is 0 Å². The van der Waals surface area contributed by atoms with Crippen molar-refractivity contribution in [3.63, 3.8) is 0 Å². The standard InChI is InChI=1S/C15H24N2O2/c1-11(2)6-8-19-9-7-17-13-4-5-15(16)14(10-13)12(3)18/h4-5,10-11,17H,6-9,16H2,1-3H3. The number of nitrogen functional groups attached to an aromatic ring is 1. The first-order valence-corrected chi connectivity index (χ1v) is 6.72. The van der Waals surface area contributed by atoms with Crippen molar-refractivity contribution >= 4 is 17.2 Å². The highest BCUT2D eigenvalue weighted by Crippen LogP contribution is 2.18. The van der Waals surface area contributed by atoms with Gasteiger partial charge in [-0.15, -0.1) is 0 Å². The molecule has 0 fully saturated rings. The number of ketones is 1. The lowest BCUT2D eigenvalue weighted by molar-refractivity contribution is 0.101. The van der Waals surface area contributed by atoms with Crippen LogP contribution in [0.25, 0.3) is 0 Å². The third kappa shape index (κ3) is 5.75. The summed E-state index contributed by atoms with van der Waals surface area (Å²) in [6.07, 6.45) is 1.08. The Morgan fingerprint density at radius 3 is 2.74 bits per heavy atom. The number of Topliss-reactive ketones (excluding diaryl/α,β-unsaturated/α-hetero) is 1. The van der Waals surface area contributed by atoms with Crippen LogP contribution in [0.3, 0.4) is 0 Å². The number of carbonyl (C=O) groups is 1. The maximum atomic E-state index is 11.4.